The fourth-order valence-corrected chi connectivity index (χ4v) is 4.05. The quantitative estimate of drug-likeness (QED) is 0.745. The van der Waals surface area contributed by atoms with E-state index < -0.39 is 46.9 Å². The van der Waals surface area contributed by atoms with E-state index >= 15 is 4.39 Å². The Morgan fingerprint density at radius 3 is 2.37 bits per heavy atom. The Morgan fingerprint density at radius 2 is 1.70 bits per heavy atom. The highest BCUT2D eigenvalue weighted by Gasteiger charge is 2.47. The minimum absolute atomic E-state index is 0.0403. The van der Waals surface area contributed by atoms with Gasteiger partial charge >= 0.3 is 0 Å². The maximum atomic E-state index is 15.1. The average molecular weight is 377 g/mol. The van der Waals surface area contributed by atoms with E-state index in [0.717, 1.165) is 6.07 Å². The molecular weight excluding hydrogens is 360 g/mol. The second-order valence-electron chi connectivity index (χ2n) is 6.98. The van der Waals surface area contributed by atoms with Crippen molar-refractivity contribution in [1.82, 2.24) is 15.5 Å². The molecule has 7 nitrogen and oxygen atoms in total. The molecule has 1 aromatic rings. The number of piperidine rings is 2. The third kappa shape index (κ3) is 2.73. The topological polar surface area (TPSA) is 95.6 Å². The number of halogens is 2. The van der Waals surface area contributed by atoms with Gasteiger partial charge < -0.3 is 5.32 Å². The van der Waals surface area contributed by atoms with E-state index in [-0.39, 0.29) is 29.9 Å². The Bertz CT molecular complexity index is 880. The first-order chi connectivity index (χ1) is 12.9. The first-order valence-corrected chi connectivity index (χ1v) is 8.84. The SMILES string of the molecule is O=C1CCC(N2C(=O)c3cc(F)c(C4CCNCC4)c(F)c3C2=O)C(=O)N1. The van der Waals surface area contributed by atoms with Crippen LogP contribution in [0.15, 0.2) is 6.07 Å². The zero-order valence-corrected chi connectivity index (χ0v) is 14.3. The fraction of sp³-hybridized carbons (Fsp3) is 0.444. The molecule has 2 fully saturated rings. The molecule has 3 heterocycles. The minimum atomic E-state index is -1.21. The van der Waals surface area contributed by atoms with E-state index in [1.165, 1.54) is 0 Å². The van der Waals surface area contributed by atoms with Crippen LogP contribution in [0.4, 0.5) is 8.78 Å². The van der Waals surface area contributed by atoms with Crippen molar-refractivity contribution in [2.24, 2.45) is 0 Å². The van der Waals surface area contributed by atoms with Crippen LogP contribution in [-0.4, -0.2) is 47.7 Å². The zero-order valence-electron chi connectivity index (χ0n) is 14.3. The highest BCUT2D eigenvalue weighted by Crippen LogP contribution is 2.37. The monoisotopic (exact) mass is 377 g/mol. The summed E-state index contributed by atoms with van der Waals surface area (Å²) in [5.74, 6) is -5.44. The second-order valence-corrected chi connectivity index (χ2v) is 6.98. The van der Waals surface area contributed by atoms with Crippen LogP contribution < -0.4 is 10.6 Å². The lowest BCUT2D eigenvalue weighted by molar-refractivity contribution is -0.136. The molecule has 3 aliphatic heterocycles. The zero-order chi connectivity index (χ0) is 19.3. The van der Waals surface area contributed by atoms with Crippen molar-refractivity contribution in [2.45, 2.75) is 37.6 Å². The van der Waals surface area contributed by atoms with Crippen LogP contribution >= 0.6 is 0 Å². The maximum absolute atomic E-state index is 15.1. The molecule has 0 aliphatic carbocycles. The largest absolute Gasteiger partial charge is 0.317 e. The number of amides is 4. The van der Waals surface area contributed by atoms with Gasteiger partial charge in [-0.2, -0.15) is 0 Å². The molecule has 4 amide bonds. The molecule has 1 aromatic carbocycles. The van der Waals surface area contributed by atoms with Crippen molar-refractivity contribution in [3.63, 3.8) is 0 Å². The smallest absolute Gasteiger partial charge is 0.265 e. The Morgan fingerprint density at radius 1 is 1.00 bits per heavy atom. The van der Waals surface area contributed by atoms with Crippen molar-refractivity contribution < 1.29 is 28.0 Å². The number of carbonyl (C=O) groups is 4. The molecule has 0 aromatic heterocycles. The lowest BCUT2D eigenvalue weighted by Crippen LogP contribution is -2.54. The molecule has 1 atom stereocenters. The lowest BCUT2D eigenvalue weighted by atomic mass is 9.87. The number of imide groups is 2. The van der Waals surface area contributed by atoms with Crippen LogP contribution in [0.1, 0.15) is 57.9 Å². The van der Waals surface area contributed by atoms with E-state index in [1.807, 2.05) is 0 Å². The molecule has 4 rings (SSSR count). The van der Waals surface area contributed by atoms with Crippen molar-refractivity contribution in [1.29, 1.82) is 0 Å². The van der Waals surface area contributed by atoms with Crippen LogP contribution in [0.2, 0.25) is 0 Å². The Kier molecular flexibility index (Phi) is 4.26. The molecular formula is C18H17F2N3O4. The van der Waals surface area contributed by atoms with Crippen molar-refractivity contribution in [2.75, 3.05) is 13.1 Å². The summed E-state index contributed by atoms with van der Waals surface area (Å²) < 4.78 is 29.7. The van der Waals surface area contributed by atoms with Crippen LogP contribution in [0.3, 0.4) is 0 Å². The van der Waals surface area contributed by atoms with Crippen LogP contribution in [0, 0.1) is 11.6 Å². The van der Waals surface area contributed by atoms with Gasteiger partial charge in [-0.1, -0.05) is 0 Å². The average Bonchev–Trinajstić information content (AvgIpc) is 2.87. The summed E-state index contributed by atoms with van der Waals surface area (Å²) in [7, 11) is 0. The Labute approximate surface area is 153 Å². The molecule has 0 saturated carbocycles. The van der Waals surface area contributed by atoms with Crippen LogP contribution in [0.25, 0.3) is 0 Å². The van der Waals surface area contributed by atoms with E-state index in [4.69, 9.17) is 0 Å². The van der Waals surface area contributed by atoms with E-state index in [1.54, 1.807) is 0 Å². The van der Waals surface area contributed by atoms with Gasteiger partial charge in [0, 0.05) is 12.0 Å². The maximum Gasteiger partial charge on any atom is 0.265 e. The first-order valence-electron chi connectivity index (χ1n) is 8.84. The molecule has 2 saturated heterocycles. The molecule has 9 heteroatoms. The molecule has 0 bridgehead atoms. The molecule has 27 heavy (non-hydrogen) atoms. The van der Waals surface area contributed by atoms with E-state index in [9.17, 15) is 23.6 Å². The summed E-state index contributed by atoms with van der Waals surface area (Å²) >= 11 is 0. The number of nitrogens with one attached hydrogen (secondary N) is 2. The summed E-state index contributed by atoms with van der Waals surface area (Å²) in [4.78, 5) is 49.4. The molecule has 0 radical (unpaired) electrons. The predicted molar refractivity (Wildman–Crippen MR) is 87.9 cm³/mol. The van der Waals surface area contributed by atoms with Crippen LogP contribution in [-0.2, 0) is 9.59 Å². The highest BCUT2D eigenvalue weighted by molar-refractivity contribution is 6.23. The summed E-state index contributed by atoms with van der Waals surface area (Å²) in [6.45, 7) is 1.21. The summed E-state index contributed by atoms with van der Waals surface area (Å²) in [6.07, 6.45) is 0.958. The summed E-state index contributed by atoms with van der Waals surface area (Å²) in [5.41, 5.74) is -1.04. The number of rotatable bonds is 2. The number of benzene rings is 1. The van der Waals surface area contributed by atoms with Gasteiger partial charge in [0.25, 0.3) is 11.8 Å². The van der Waals surface area contributed by atoms with Gasteiger partial charge in [0.05, 0.1) is 11.1 Å². The molecule has 0 spiro atoms. The van der Waals surface area contributed by atoms with E-state index in [2.05, 4.69) is 10.6 Å². The standard InChI is InChI=1S/C18H17F2N3O4/c19-10-7-9-14(15(20)13(10)8-3-5-21-6-4-8)18(27)23(17(9)26)11-1-2-12(24)22-16(11)25/h7-8,11,21H,1-6H2,(H,22,24,25). The number of fused-ring (bicyclic) bond motifs is 1. The summed E-state index contributed by atoms with van der Waals surface area (Å²) in [6, 6.07) is -0.318. The number of hydrogen-bond donors (Lipinski definition) is 2. The Balaban J connectivity index is 1.74. The molecule has 2 N–H and O–H groups in total. The first kappa shape index (κ1) is 17.7. The van der Waals surface area contributed by atoms with Crippen molar-refractivity contribution in [3.8, 4) is 0 Å². The molecule has 1 unspecified atom stereocenters. The van der Waals surface area contributed by atoms with Crippen LogP contribution in [0.5, 0.6) is 0 Å². The third-order valence-electron chi connectivity index (χ3n) is 5.40. The Hall–Kier alpha value is -2.68. The van der Waals surface area contributed by atoms with Crippen molar-refractivity contribution >= 4 is 23.6 Å². The third-order valence-corrected chi connectivity index (χ3v) is 5.40. The van der Waals surface area contributed by atoms with Gasteiger partial charge in [0.15, 0.2) is 0 Å². The normalized spacial score (nSPS) is 23.6. The van der Waals surface area contributed by atoms with E-state index in [0.29, 0.717) is 30.8 Å². The number of hydrogen-bond acceptors (Lipinski definition) is 5. The second kappa shape index (κ2) is 6.49. The lowest BCUT2D eigenvalue weighted by Gasteiger charge is -2.27. The van der Waals surface area contributed by atoms with Gasteiger partial charge in [-0.15, -0.1) is 0 Å². The van der Waals surface area contributed by atoms with Gasteiger partial charge in [-0.05, 0) is 44.3 Å². The fourth-order valence-electron chi connectivity index (χ4n) is 4.05. The van der Waals surface area contributed by atoms with Gasteiger partial charge in [-0.25, -0.2) is 8.78 Å². The van der Waals surface area contributed by atoms with Crippen molar-refractivity contribution in [3.05, 3.63) is 34.4 Å². The summed E-state index contributed by atoms with van der Waals surface area (Å²) in [5, 5.41) is 5.17. The predicted octanol–water partition coefficient (Wildman–Crippen LogP) is 0.833. The minimum Gasteiger partial charge on any atom is -0.317 e. The number of carbonyl (C=O) groups excluding carboxylic acids is 4. The molecule has 142 valence electrons. The van der Waals surface area contributed by atoms with Gasteiger partial charge in [0.1, 0.15) is 17.7 Å². The van der Waals surface area contributed by atoms with Gasteiger partial charge in [0.2, 0.25) is 11.8 Å². The highest BCUT2D eigenvalue weighted by atomic mass is 19.1. The number of nitrogens with zero attached hydrogens (tertiary/aromatic N) is 1. The molecule has 3 aliphatic rings. The van der Waals surface area contributed by atoms with Gasteiger partial charge in [-0.3, -0.25) is 29.4 Å².